The van der Waals surface area contributed by atoms with Gasteiger partial charge in [-0.25, -0.2) is 4.79 Å². The number of likely N-dealkylation sites (N-methyl/N-ethyl adjacent to an activating group) is 1. The molecule has 2 aliphatic heterocycles. The standard InChI is InChI=1S/C18H26N8O2/c1-11(2)10-26-17(28)23(3)15(27)18(26)5-7-25(8-6-18)16-21-13(19)12-9-20-24(4)14(12)22-16/h9,11H,5-8,10H2,1-4H3,(H2,19,21,22). The Bertz CT molecular complexity index is 944. The van der Waals surface area contributed by atoms with Crippen molar-refractivity contribution in [1.82, 2.24) is 29.5 Å². The van der Waals surface area contributed by atoms with Gasteiger partial charge in [-0.05, 0) is 18.8 Å². The highest BCUT2D eigenvalue weighted by atomic mass is 16.2. The molecule has 4 rings (SSSR count). The fourth-order valence-corrected chi connectivity index (χ4v) is 4.23. The second-order valence-corrected chi connectivity index (χ2v) is 8.08. The lowest BCUT2D eigenvalue weighted by Gasteiger charge is -2.42. The molecule has 2 aromatic heterocycles. The Morgan fingerprint density at radius 2 is 1.86 bits per heavy atom. The van der Waals surface area contributed by atoms with Gasteiger partial charge in [-0.2, -0.15) is 15.1 Å². The predicted molar refractivity (Wildman–Crippen MR) is 105 cm³/mol. The summed E-state index contributed by atoms with van der Waals surface area (Å²) in [5.41, 5.74) is 5.99. The Morgan fingerprint density at radius 3 is 2.50 bits per heavy atom. The molecule has 0 aromatic carbocycles. The van der Waals surface area contributed by atoms with Crippen LogP contribution in [0.1, 0.15) is 26.7 Å². The number of carbonyl (C=O) groups excluding carboxylic acids is 2. The van der Waals surface area contributed by atoms with Crippen LogP contribution in [0.3, 0.4) is 0 Å². The van der Waals surface area contributed by atoms with E-state index in [9.17, 15) is 9.59 Å². The fraction of sp³-hybridized carbons (Fsp3) is 0.611. The summed E-state index contributed by atoms with van der Waals surface area (Å²) in [5, 5.41) is 4.91. The van der Waals surface area contributed by atoms with E-state index in [4.69, 9.17) is 5.73 Å². The summed E-state index contributed by atoms with van der Waals surface area (Å²) in [4.78, 5) is 39.7. The van der Waals surface area contributed by atoms with Crippen molar-refractivity contribution in [2.24, 2.45) is 13.0 Å². The van der Waals surface area contributed by atoms with Gasteiger partial charge >= 0.3 is 6.03 Å². The molecule has 28 heavy (non-hydrogen) atoms. The van der Waals surface area contributed by atoms with E-state index in [2.05, 4.69) is 28.9 Å². The molecule has 0 radical (unpaired) electrons. The maximum atomic E-state index is 12.9. The van der Waals surface area contributed by atoms with Gasteiger partial charge in [0, 0.05) is 33.7 Å². The molecule has 10 heteroatoms. The molecule has 1 spiro atoms. The molecular formula is C18H26N8O2. The smallest absolute Gasteiger partial charge is 0.327 e. The lowest BCUT2D eigenvalue weighted by atomic mass is 9.85. The third kappa shape index (κ3) is 2.58. The third-order valence-electron chi connectivity index (χ3n) is 5.77. The average molecular weight is 386 g/mol. The minimum absolute atomic E-state index is 0.111. The molecule has 150 valence electrons. The first-order chi connectivity index (χ1) is 13.2. The zero-order chi connectivity index (χ0) is 20.2. The number of carbonyl (C=O) groups is 2. The first-order valence-electron chi connectivity index (χ1n) is 9.54. The van der Waals surface area contributed by atoms with E-state index in [0.29, 0.717) is 49.9 Å². The first kappa shape index (κ1) is 18.5. The van der Waals surface area contributed by atoms with Crippen LogP contribution in [0, 0.1) is 5.92 Å². The number of imide groups is 1. The van der Waals surface area contributed by atoms with Crippen LogP contribution in [0.15, 0.2) is 6.20 Å². The van der Waals surface area contributed by atoms with Crippen molar-refractivity contribution in [3.05, 3.63) is 6.20 Å². The molecule has 2 aromatic rings. The lowest BCUT2D eigenvalue weighted by Crippen LogP contribution is -2.57. The number of aromatic nitrogens is 4. The molecule has 0 atom stereocenters. The number of piperidine rings is 1. The van der Waals surface area contributed by atoms with Gasteiger partial charge in [0.05, 0.1) is 11.6 Å². The van der Waals surface area contributed by atoms with Gasteiger partial charge in [0.2, 0.25) is 5.95 Å². The van der Waals surface area contributed by atoms with Crippen LogP contribution in [0.5, 0.6) is 0 Å². The Hall–Kier alpha value is -2.91. The van der Waals surface area contributed by atoms with Crippen LogP contribution in [0.25, 0.3) is 11.0 Å². The number of amides is 3. The van der Waals surface area contributed by atoms with Gasteiger partial charge in [0.1, 0.15) is 11.4 Å². The minimum atomic E-state index is -0.769. The van der Waals surface area contributed by atoms with Crippen molar-refractivity contribution >= 4 is 34.7 Å². The number of aryl methyl sites for hydroxylation is 1. The van der Waals surface area contributed by atoms with Crippen LogP contribution >= 0.6 is 0 Å². The van der Waals surface area contributed by atoms with Crippen LogP contribution in [0.4, 0.5) is 16.6 Å². The van der Waals surface area contributed by atoms with E-state index in [0.717, 1.165) is 5.39 Å². The number of fused-ring (bicyclic) bond motifs is 1. The summed E-state index contributed by atoms with van der Waals surface area (Å²) >= 11 is 0. The molecule has 4 heterocycles. The average Bonchev–Trinajstić information content (AvgIpc) is 3.11. The number of nitrogen functional groups attached to an aromatic ring is 1. The summed E-state index contributed by atoms with van der Waals surface area (Å²) in [7, 11) is 3.38. The van der Waals surface area contributed by atoms with Crippen LogP contribution in [0.2, 0.25) is 0 Å². The monoisotopic (exact) mass is 386 g/mol. The van der Waals surface area contributed by atoms with Gasteiger partial charge in [0.15, 0.2) is 5.65 Å². The van der Waals surface area contributed by atoms with E-state index in [-0.39, 0.29) is 17.9 Å². The van der Waals surface area contributed by atoms with E-state index in [1.807, 2.05) is 11.9 Å². The third-order valence-corrected chi connectivity index (χ3v) is 5.77. The van der Waals surface area contributed by atoms with Crippen molar-refractivity contribution in [3.63, 3.8) is 0 Å². The zero-order valence-corrected chi connectivity index (χ0v) is 16.7. The van der Waals surface area contributed by atoms with Crippen molar-refractivity contribution in [1.29, 1.82) is 0 Å². The SMILES string of the molecule is CC(C)CN1C(=O)N(C)C(=O)C12CCN(c1nc(N)c3cnn(C)c3n1)CC2. The molecule has 10 nitrogen and oxygen atoms in total. The van der Waals surface area contributed by atoms with Gasteiger partial charge in [0.25, 0.3) is 5.91 Å². The van der Waals surface area contributed by atoms with Crippen LogP contribution in [-0.4, -0.2) is 73.7 Å². The second-order valence-electron chi connectivity index (χ2n) is 8.08. The highest BCUT2D eigenvalue weighted by Gasteiger charge is 2.56. The molecule has 0 bridgehead atoms. The number of hydrogen-bond acceptors (Lipinski definition) is 7. The maximum absolute atomic E-state index is 12.9. The molecule has 0 aliphatic carbocycles. The number of nitrogens with two attached hydrogens (primary N) is 1. The molecule has 2 saturated heterocycles. The lowest BCUT2D eigenvalue weighted by molar-refractivity contribution is -0.133. The number of anilines is 2. The quantitative estimate of drug-likeness (QED) is 0.777. The highest BCUT2D eigenvalue weighted by molar-refractivity contribution is 6.07. The topological polar surface area (TPSA) is 113 Å². The number of rotatable bonds is 3. The molecule has 2 aliphatic rings. The molecule has 2 fully saturated rings. The summed E-state index contributed by atoms with van der Waals surface area (Å²) in [6.45, 7) is 5.82. The van der Waals surface area contributed by atoms with Crippen molar-refractivity contribution in [3.8, 4) is 0 Å². The number of urea groups is 1. The Kier molecular flexibility index (Phi) is 4.16. The Morgan fingerprint density at radius 1 is 1.18 bits per heavy atom. The van der Waals surface area contributed by atoms with Gasteiger partial charge in [-0.3, -0.25) is 14.4 Å². The summed E-state index contributed by atoms with van der Waals surface area (Å²) < 4.78 is 1.67. The molecule has 2 N–H and O–H groups in total. The largest absolute Gasteiger partial charge is 0.383 e. The summed E-state index contributed by atoms with van der Waals surface area (Å²) in [5.74, 6) is 1.10. The second kappa shape index (κ2) is 6.32. The predicted octanol–water partition coefficient (Wildman–Crippen LogP) is 0.835. The van der Waals surface area contributed by atoms with Crippen LogP contribution in [-0.2, 0) is 11.8 Å². The maximum Gasteiger partial charge on any atom is 0.327 e. The molecular weight excluding hydrogens is 360 g/mol. The molecule has 3 amide bonds. The fourth-order valence-electron chi connectivity index (χ4n) is 4.23. The molecule has 0 saturated carbocycles. The summed E-state index contributed by atoms with van der Waals surface area (Å²) in [6, 6.07) is -0.205. The zero-order valence-electron chi connectivity index (χ0n) is 16.7. The van der Waals surface area contributed by atoms with Gasteiger partial charge in [-0.15, -0.1) is 0 Å². The highest BCUT2D eigenvalue weighted by Crippen LogP contribution is 2.38. The van der Waals surface area contributed by atoms with Crippen molar-refractivity contribution < 1.29 is 9.59 Å². The number of nitrogens with zero attached hydrogens (tertiary/aromatic N) is 7. The van der Waals surface area contributed by atoms with E-state index in [1.165, 1.54) is 4.90 Å². The van der Waals surface area contributed by atoms with Crippen molar-refractivity contribution in [2.45, 2.75) is 32.2 Å². The normalized spacial score (nSPS) is 19.7. The van der Waals surface area contributed by atoms with E-state index in [1.54, 1.807) is 22.8 Å². The summed E-state index contributed by atoms with van der Waals surface area (Å²) in [6.07, 6.45) is 2.74. The Labute approximate surface area is 163 Å². The number of hydrogen-bond donors (Lipinski definition) is 1. The van der Waals surface area contributed by atoms with Gasteiger partial charge in [-0.1, -0.05) is 13.8 Å². The van der Waals surface area contributed by atoms with Crippen LogP contribution < -0.4 is 10.6 Å². The minimum Gasteiger partial charge on any atom is -0.383 e. The van der Waals surface area contributed by atoms with Crippen molar-refractivity contribution in [2.75, 3.05) is 37.3 Å². The van der Waals surface area contributed by atoms with E-state index < -0.39 is 5.54 Å². The van der Waals surface area contributed by atoms with Gasteiger partial charge < -0.3 is 15.5 Å². The Balaban J connectivity index is 1.61. The molecule has 0 unspecified atom stereocenters. The van der Waals surface area contributed by atoms with E-state index >= 15 is 0 Å². The first-order valence-corrected chi connectivity index (χ1v) is 9.54.